The minimum atomic E-state index is -0.185. The fraction of sp³-hybridized carbons (Fsp3) is 0.519. The normalized spacial score (nSPS) is 15.9. The predicted molar refractivity (Wildman–Crippen MR) is 260 cm³/mol. The first-order chi connectivity index (χ1) is 25.3. The van der Waals surface area contributed by atoms with Gasteiger partial charge in [-0.2, -0.15) is 34.4 Å². The van der Waals surface area contributed by atoms with Crippen LogP contribution < -0.4 is 35.4 Å². The molecule has 0 fully saturated rings. The minimum Gasteiger partial charge on any atom is -1.00 e. The molecule has 2 aliphatic carbocycles. The van der Waals surface area contributed by atoms with Crippen LogP contribution in [0.4, 0.5) is 0 Å². The van der Waals surface area contributed by atoms with Gasteiger partial charge in [-0.25, -0.2) is 11.1 Å². The Kier molecular flexibility index (Phi) is 23.7. The van der Waals surface area contributed by atoms with E-state index in [9.17, 15) is 0 Å². The van der Waals surface area contributed by atoms with Crippen LogP contribution in [-0.4, -0.2) is 20.6 Å². The van der Waals surface area contributed by atoms with Crippen molar-refractivity contribution in [3.05, 3.63) is 118 Å². The summed E-state index contributed by atoms with van der Waals surface area (Å²) < 4.78 is 0. The Morgan fingerprint density at radius 2 is 0.700 bits per heavy atom. The van der Waals surface area contributed by atoms with Gasteiger partial charge in [0.15, 0.2) is 0 Å². The van der Waals surface area contributed by atoms with E-state index >= 15 is 0 Å². The molecule has 0 N–H and O–H groups in total. The summed E-state index contributed by atoms with van der Waals surface area (Å²) in [5, 5.41) is 10.0. The number of hydrogen-bond acceptors (Lipinski definition) is 0. The molecule has 0 saturated heterocycles. The molecule has 4 aromatic carbocycles. The Balaban J connectivity index is 0. The van der Waals surface area contributed by atoms with E-state index in [4.69, 9.17) is 0 Å². The topological polar surface area (TPSA) is 0 Å². The van der Waals surface area contributed by atoms with Gasteiger partial charge in [-0.1, -0.05) is 177 Å². The molecule has 0 unspecified atom stereocenters. The van der Waals surface area contributed by atoms with Gasteiger partial charge >= 0.3 is 43.4 Å². The van der Waals surface area contributed by atoms with Gasteiger partial charge in [-0.3, -0.25) is 12.2 Å². The average Bonchev–Trinajstić information content (AvgIpc) is 3.72. The van der Waals surface area contributed by atoms with Crippen LogP contribution >= 0.6 is 15.8 Å². The van der Waals surface area contributed by atoms with Gasteiger partial charge in [0.1, 0.15) is 0 Å². The van der Waals surface area contributed by atoms with Crippen LogP contribution in [0.15, 0.2) is 106 Å². The number of benzene rings is 2. The van der Waals surface area contributed by atoms with Crippen molar-refractivity contribution in [2.24, 2.45) is 10.8 Å². The van der Waals surface area contributed by atoms with Gasteiger partial charge in [-0.15, -0.1) is 94.5 Å². The number of halogens is 2. The van der Waals surface area contributed by atoms with E-state index in [1.165, 1.54) is 55.0 Å². The van der Waals surface area contributed by atoms with Crippen molar-refractivity contribution in [3.63, 3.8) is 0 Å². The number of fused-ring (bicyclic) bond motifs is 2. The van der Waals surface area contributed by atoms with Crippen molar-refractivity contribution in [3.8, 4) is 0 Å². The second kappa shape index (κ2) is 23.1. The van der Waals surface area contributed by atoms with Crippen LogP contribution in [0, 0.1) is 23.0 Å². The summed E-state index contributed by atoms with van der Waals surface area (Å²) in [5.41, 5.74) is 8.79. The third-order valence-electron chi connectivity index (χ3n) is 11.5. The maximum Gasteiger partial charge on any atom is 2.00 e. The molecule has 0 aromatic heterocycles. The Hall–Kier alpha value is -0.511. The van der Waals surface area contributed by atoms with Gasteiger partial charge in [-0.05, 0) is 20.6 Å². The van der Waals surface area contributed by atoms with Gasteiger partial charge in [0.2, 0.25) is 0 Å². The molecule has 0 atom stereocenters. The Bertz CT molecular complexity index is 1860. The summed E-state index contributed by atoms with van der Waals surface area (Å²) in [6.07, 6.45) is 6.87. The van der Waals surface area contributed by atoms with E-state index in [2.05, 4.69) is 237 Å². The van der Waals surface area contributed by atoms with Crippen molar-refractivity contribution in [1.82, 2.24) is 0 Å². The second-order valence-electron chi connectivity index (χ2n) is 21.3. The molecule has 0 spiro atoms. The van der Waals surface area contributed by atoms with E-state index in [0.29, 0.717) is 20.6 Å². The minimum absolute atomic E-state index is 0. The van der Waals surface area contributed by atoms with E-state index in [-0.39, 0.29) is 94.9 Å². The Labute approximate surface area is 415 Å². The molecule has 6 rings (SSSR count). The van der Waals surface area contributed by atoms with Crippen LogP contribution in [0.25, 0.3) is 21.5 Å². The molecule has 2 aliphatic rings. The molecule has 0 bridgehead atoms. The number of hydrogen-bond donors (Lipinski definition) is 0. The first kappa shape index (κ1) is 61.6. The summed E-state index contributed by atoms with van der Waals surface area (Å²) >= 11 is 0. The second-order valence-corrected chi connectivity index (χ2v) is 29.0. The molecule has 0 saturated carbocycles. The molecular formula is C54H78Cl2P2Ti2-2. The smallest absolute Gasteiger partial charge is 1.00 e. The molecule has 0 amide bonds. The van der Waals surface area contributed by atoms with Crippen molar-refractivity contribution >= 4 is 48.0 Å². The largest absolute Gasteiger partial charge is 2.00 e. The molecule has 0 radical (unpaired) electrons. The molecule has 328 valence electrons. The number of rotatable bonds is 2. The summed E-state index contributed by atoms with van der Waals surface area (Å²) in [6.45, 7) is 50.4. The molecule has 6 heteroatoms. The van der Waals surface area contributed by atoms with E-state index in [1.54, 1.807) is 10.6 Å². The molecule has 4 aromatic rings. The van der Waals surface area contributed by atoms with Crippen molar-refractivity contribution in [2.45, 2.75) is 173 Å². The molecule has 0 nitrogen and oxygen atoms in total. The predicted octanol–water partition coefficient (Wildman–Crippen LogP) is 10.8. The summed E-state index contributed by atoms with van der Waals surface area (Å²) in [7, 11) is -0.369. The molecule has 0 aliphatic heterocycles. The van der Waals surface area contributed by atoms with Gasteiger partial charge in [0, 0.05) is 0 Å². The maximum atomic E-state index is 3.44. The van der Waals surface area contributed by atoms with Crippen LogP contribution in [0.1, 0.15) is 152 Å². The van der Waals surface area contributed by atoms with Gasteiger partial charge < -0.3 is 24.8 Å². The monoisotopic (exact) mass is 954 g/mol. The average molecular weight is 956 g/mol. The first-order valence-electron chi connectivity index (χ1n) is 20.8. The van der Waals surface area contributed by atoms with E-state index in [1.807, 2.05) is 0 Å². The van der Waals surface area contributed by atoms with Crippen LogP contribution in [0.5, 0.6) is 0 Å². The third-order valence-corrected chi connectivity index (χ3v) is 18.4. The zero-order valence-corrected chi connectivity index (χ0v) is 48.0. The Morgan fingerprint density at radius 1 is 0.450 bits per heavy atom. The summed E-state index contributed by atoms with van der Waals surface area (Å²) in [4.78, 5) is 0. The molecular weight excluding hydrogens is 877 g/mol. The van der Waals surface area contributed by atoms with Gasteiger partial charge in [0.25, 0.3) is 0 Å². The fourth-order valence-corrected chi connectivity index (χ4v) is 17.1. The van der Waals surface area contributed by atoms with Crippen molar-refractivity contribution < 1.29 is 68.2 Å². The molecule has 0 heterocycles. The number of allylic oxidation sites excluding steroid dienone is 8. The first-order valence-corrected chi connectivity index (χ1v) is 23.5. The molecule has 60 heavy (non-hydrogen) atoms. The zero-order chi connectivity index (χ0) is 43.0. The van der Waals surface area contributed by atoms with E-state index in [0.717, 1.165) is 0 Å². The maximum absolute atomic E-state index is 3.44. The summed E-state index contributed by atoms with van der Waals surface area (Å²) in [5.74, 6) is 0. The van der Waals surface area contributed by atoms with Crippen molar-refractivity contribution in [2.75, 3.05) is 0 Å². The van der Waals surface area contributed by atoms with Crippen molar-refractivity contribution in [1.29, 1.82) is 0 Å². The SMILES string of the molecule is CC(C)(C)P(c1cc2ccccc2[cH-]1)C(C)(C)C.CC(C)(C)P(c1cc2ccccc2[cH-]1)C(C)(C)C.CC1=[C-]C(C)(C)C(C)=C1C.CC1=[C-]C(C)(C)C(C)=C1C.[Cl-].[Cl-].[Ti+2].[Ti+2]. The third kappa shape index (κ3) is 15.9. The summed E-state index contributed by atoms with van der Waals surface area (Å²) in [6, 6.07) is 27.0. The quantitative estimate of drug-likeness (QED) is 0.107. The fourth-order valence-electron chi connectivity index (χ4n) is 8.90. The standard InChI is InChI=1S/2C17H24P.2C10H15.2ClH.2Ti/c2*1-16(2,3)18(17(4,5)6)15-11-13-9-7-8-10-14(13)12-15;2*1-7-6-10(4,5)9(3)8(7)2;;;;/h2*7-12H,1-6H3;2*1-5H3;2*1H;;/q4*-1;;;2*+2/p-2. The van der Waals surface area contributed by atoms with Crippen LogP contribution in [0.2, 0.25) is 0 Å². The van der Waals surface area contributed by atoms with Crippen LogP contribution in [-0.2, 0) is 43.4 Å². The zero-order valence-electron chi connectivity index (χ0n) is 41.6. The van der Waals surface area contributed by atoms with E-state index < -0.39 is 0 Å². The van der Waals surface area contributed by atoms with Gasteiger partial charge in [0.05, 0.1) is 0 Å². The van der Waals surface area contributed by atoms with Crippen LogP contribution in [0.3, 0.4) is 0 Å². The Morgan fingerprint density at radius 3 is 0.867 bits per heavy atom.